The number of nitrogens with zero attached hydrogens (tertiary/aromatic N) is 2. The molecule has 1 N–H and O–H groups in total. The van der Waals surface area contributed by atoms with Gasteiger partial charge in [0.25, 0.3) is 0 Å². The fourth-order valence-electron chi connectivity index (χ4n) is 1.62. The third-order valence-corrected chi connectivity index (χ3v) is 2.40. The monoisotopic (exact) mass is 219 g/mol. The van der Waals surface area contributed by atoms with Crippen LogP contribution in [0.25, 0.3) is 0 Å². The number of nitrogens with one attached hydrogen (secondary N) is 1. The molecule has 1 aromatic heterocycles. The van der Waals surface area contributed by atoms with Crippen LogP contribution in [0.3, 0.4) is 0 Å². The highest BCUT2D eigenvalue weighted by Gasteiger charge is 2.01. The van der Waals surface area contributed by atoms with Gasteiger partial charge < -0.3 is 5.32 Å². The highest BCUT2D eigenvalue weighted by atomic mass is 19.1. The summed E-state index contributed by atoms with van der Waals surface area (Å²) in [6.45, 7) is 2.59. The summed E-state index contributed by atoms with van der Waals surface area (Å²) in [7, 11) is 1.90. The molecule has 1 aromatic carbocycles. The van der Waals surface area contributed by atoms with Crippen molar-refractivity contribution in [1.82, 2.24) is 9.78 Å². The van der Waals surface area contributed by atoms with Gasteiger partial charge in [0, 0.05) is 12.7 Å². The molecule has 1 heterocycles. The lowest BCUT2D eigenvalue weighted by Gasteiger charge is -2.06. The van der Waals surface area contributed by atoms with Crippen molar-refractivity contribution >= 4 is 5.69 Å². The highest BCUT2D eigenvalue weighted by Crippen LogP contribution is 2.11. The van der Waals surface area contributed by atoms with E-state index in [4.69, 9.17) is 0 Å². The van der Waals surface area contributed by atoms with Crippen molar-refractivity contribution in [3.63, 3.8) is 0 Å². The van der Waals surface area contributed by atoms with Gasteiger partial charge in [0.15, 0.2) is 0 Å². The molecule has 0 aliphatic rings. The zero-order valence-corrected chi connectivity index (χ0v) is 9.37. The molecule has 2 aromatic rings. The molecule has 0 spiro atoms. The van der Waals surface area contributed by atoms with Crippen LogP contribution in [-0.2, 0) is 13.6 Å². The Labute approximate surface area is 93.9 Å². The van der Waals surface area contributed by atoms with Gasteiger partial charge in [0.2, 0.25) is 0 Å². The van der Waals surface area contributed by atoms with Gasteiger partial charge in [-0.3, -0.25) is 4.68 Å². The summed E-state index contributed by atoms with van der Waals surface area (Å²) >= 11 is 0. The smallest absolute Gasteiger partial charge is 0.125 e. The number of hydrogen-bond acceptors (Lipinski definition) is 2. The first kappa shape index (κ1) is 10.7. The summed E-state index contributed by atoms with van der Waals surface area (Å²) in [6.07, 6.45) is 0. The molecule has 0 saturated carbocycles. The molecule has 4 heteroatoms. The summed E-state index contributed by atoms with van der Waals surface area (Å²) in [5.41, 5.74) is 2.83. The van der Waals surface area contributed by atoms with E-state index in [1.165, 1.54) is 12.1 Å². The summed E-state index contributed by atoms with van der Waals surface area (Å²) in [4.78, 5) is 0. The van der Waals surface area contributed by atoms with Crippen LogP contribution in [0.4, 0.5) is 10.1 Å². The van der Waals surface area contributed by atoms with Crippen LogP contribution in [0, 0.1) is 12.7 Å². The van der Waals surface area contributed by atoms with E-state index >= 15 is 0 Å². The topological polar surface area (TPSA) is 29.9 Å². The van der Waals surface area contributed by atoms with Crippen LogP contribution in [0.2, 0.25) is 0 Å². The molecule has 0 radical (unpaired) electrons. The van der Waals surface area contributed by atoms with E-state index in [9.17, 15) is 4.39 Å². The van der Waals surface area contributed by atoms with Gasteiger partial charge in [-0.25, -0.2) is 4.39 Å². The van der Waals surface area contributed by atoms with E-state index in [-0.39, 0.29) is 5.82 Å². The Kier molecular flexibility index (Phi) is 2.90. The fraction of sp³-hybridized carbons (Fsp3) is 0.250. The Morgan fingerprint density at radius 1 is 1.38 bits per heavy atom. The first-order valence-corrected chi connectivity index (χ1v) is 5.14. The average molecular weight is 219 g/mol. The van der Waals surface area contributed by atoms with Crippen LogP contribution in [0.15, 0.2) is 30.3 Å². The third-order valence-electron chi connectivity index (χ3n) is 2.40. The number of hydrogen-bond donors (Lipinski definition) is 1. The fourth-order valence-corrected chi connectivity index (χ4v) is 1.62. The molecule has 0 saturated heterocycles. The van der Waals surface area contributed by atoms with E-state index in [2.05, 4.69) is 10.4 Å². The van der Waals surface area contributed by atoms with Crippen molar-refractivity contribution in [3.05, 3.63) is 47.5 Å². The van der Waals surface area contributed by atoms with Gasteiger partial charge in [0.1, 0.15) is 5.82 Å². The predicted octanol–water partition coefficient (Wildman–Crippen LogP) is 2.48. The first-order chi connectivity index (χ1) is 7.65. The summed E-state index contributed by atoms with van der Waals surface area (Å²) in [6, 6.07) is 8.44. The van der Waals surface area contributed by atoms with Gasteiger partial charge in [0.05, 0.1) is 17.9 Å². The largest absolute Gasteiger partial charge is 0.379 e. The molecule has 84 valence electrons. The summed E-state index contributed by atoms with van der Waals surface area (Å²) < 4.78 is 14.7. The number of anilines is 1. The van der Waals surface area contributed by atoms with Crippen molar-refractivity contribution in [2.24, 2.45) is 7.05 Å². The maximum Gasteiger partial charge on any atom is 0.125 e. The highest BCUT2D eigenvalue weighted by molar-refractivity contribution is 5.43. The van der Waals surface area contributed by atoms with Crippen molar-refractivity contribution in [2.45, 2.75) is 13.5 Å². The van der Waals surface area contributed by atoms with Crippen LogP contribution in [-0.4, -0.2) is 9.78 Å². The van der Waals surface area contributed by atoms with Gasteiger partial charge in [-0.2, -0.15) is 5.10 Å². The van der Waals surface area contributed by atoms with E-state index in [1.54, 1.807) is 6.07 Å². The van der Waals surface area contributed by atoms with Crippen LogP contribution in [0.1, 0.15) is 11.4 Å². The summed E-state index contributed by atoms with van der Waals surface area (Å²) in [5.74, 6) is -0.230. The normalized spacial score (nSPS) is 10.4. The number of halogens is 1. The van der Waals surface area contributed by atoms with Gasteiger partial charge in [-0.15, -0.1) is 0 Å². The predicted molar refractivity (Wildman–Crippen MR) is 61.7 cm³/mol. The maximum absolute atomic E-state index is 12.9. The molecule has 0 aliphatic carbocycles. The van der Waals surface area contributed by atoms with Crippen LogP contribution in [0.5, 0.6) is 0 Å². The van der Waals surface area contributed by atoms with E-state index < -0.39 is 0 Å². The second-order valence-electron chi connectivity index (χ2n) is 3.76. The molecule has 16 heavy (non-hydrogen) atoms. The first-order valence-electron chi connectivity index (χ1n) is 5.14. The van der Waals surface area contributed by atoms with E-state index in [0.29, 0.717) is 6.54 Å². The van der Waals surface area contributed by atoms with Crippen molar-refractivity contribution < 1.29 is 4.39 Å². The van der Waals surface area contributed by atoms with Crippen LogP contribution < -0.4 is 5.32 Å². The van der Waals surface area contributed by atoms with E-state index in [0.717, 1.165) is 17.1 Å². The van der Waals surface area contributed by atoms with Crippen LogP contribution >= 0.6 is 0 Å². The van der Waals surface area contributed by atoms with Gasteiger partial charge >= 0.3 is 0 Å². The molecular weight excluding hydrogens is 205 g/mol. The zero-order valence-electron chi connectivity index (χ0n) is 9.37. The maximum atomic E-state index is 12.9. The molecule has 2 rings (SSSR count). The Morgan fingerprint density at radius 3 is 2.81 bits per heavy atom. The average Bonchev–Trinajstić information content (AvgIpc) is 2.54. The quantitative estimate of drug-likeness (QED) is 0.859. The number of benzene rings is 1. The molecule has 0 fully saturated rings. The van der Waals surface area contributed by atoms with Gasteiger partial charge in [-0.1, -0.05) is 6.07 Å². The van der Waals surface area contributed by atoms with Crippen molar-refractivity contribution in [3.8, 4) is 0 Å². The zero-order chi connectivity index (χ0) is 11.5. The molecule has 0 atom stereocenters. The Balaban J connectivity index is 2.05. The van der Waals surface area contributed by atoms with Crippen molar-refractivity contribution in [2.75, 3.05) is 5.32 Å². The van der Waals surface area contributed by atoms with Gasteiger partial charge in [-0.05, 0) is 31.2 Å². The lowest BCUT2D eigenvalue weighted by Crippen LogP contribution is -2.05. The second kappa shape index (κ2) is 4.35. The molecule has 0 unspecified atom stereocenters. The third kappa shape index (κ3) is 2.39. The standard InChI is InChI=1S/C12H14FN3/c1-9-6-12(16(2)15-9)8-14-11-5-3-4-10(13)7-11/h3-7,14H,8H2,1-2H3. The number of aryl methyl sites for hydroxylation is 2. The minimum Gasteiger partial charge on any atom is -0.379 e. The Bertz CT molecular complexity index is 491. The minimum absolute atomic E-state index is 0.230. The lowest BCUT2D eigenvalue weighted by molar-refractivity contribution is 0.628. The molecule has 0 aliphatic heterocycles. The summed E-state index contributed by atoms with van der Waals surface area (Å²) in [5, 5.41) is 7.40. The number of rotatable bonds is 3. The Hall–Kier alpha value is -1.84. The SMILES string of the molecule is Cc1cc(CNc2cccc(F)c2)n(C)n1. The lowest BCUT2D eigenvalue weighted by atomic mass is 10.3. The molecule has 3 nitrogen and oxygen atoms in total. The molecule has 0 amide bonds. The number of aromatic nitrogens is 2. The van der Waals surface area contributed by atoms with E-state index in [1.807, 2.05) is 30.8 Å². The van der Waals surface area contributed by atoms with Crippen molar-refractivity contribution in [1.29, 1.82) is 0 Å². The molecular formula is C12H14FN3. The minimum atomic E-state index is -0.230. The Morgan fingerprint density at radius 2 is 2.19 bits per heavy atom. The second-order valence-corrected chi connectivity index (χ2v) is 3.76. The molecule has 0 bridgehead atoms.